The van der Waals surface area contributed by atoms with Crippen LogP contribution in [0.15, 0.2) is 18.3 Å². The molecule has 0 aliphatic heterocycles. The Balaban J connectivity index is 3.03. The Kier molecular flexibility index (Phi) is 3.10. The van der Waals surface area contributed by atoms with Gasteiger partial charge in [0.05, 0.1) is 0 Å². The molecule has 0 fully saturated rings. The Morgan fingerprint density at radius 3 is 2.47 bits per heavy atom. The second-order valence-electron chi connectivity index (χ2n) is 2.27. The van der Waals surface area contributed by atoms with Crippen LogP contribution >= 0.6 is 11.6 Å². The highest BCUT2D eigenvalue weighted by Gasteiger charge is 2.49. The molecule has 0 atom stereocenters. The molecular formula is C6H3ClF3NO3S. The van der Waals surface area contributed by atoms with Gasteiger partial charge in [-0.3, -0.25) is 0 Å². The summed E-state index contributed by atoms with van der Waals surface area (Å²) in [5.41, 5.74) is -5.51. The monoisotopic (exact) mass is 261 g/mol. The zero-order chi connectivity index (χ0) is 11.7. The van der Waals surface area contributed by atoms with Crippen LogP contribution in [-0.4, -0.2) is 18.9 Å². The number of hydrogen-bond donors (Lipinski definition) is 0. The van der Waals surface area contributed by atoms with E-state index in [1.54, 1.807) is 0 Å². The van der Waals surface area contributed by atoms with Gasteiger partial charge >= 0.3 is 15.6 Å². The molecule has 0 aliphatic rings. The van der Waals surface area contributed by atoms with Gasteiger partial charge in [-0.25, -0.2) is 4.98 Å². The van der Waals surface area contributed by atoms with Gasteiger partial charge in [-0.2, -0.15) is 21.6 Å². The van der Waals surface area contributed by atoms with E-state index in [0.29, 0.717) is 0 Å². The highest BCUT2D eigenvalue weighted by atomic mass is 35.5. The molecule has 9 heteroatoms. The third-order valence-corrected chi connectivity index (χ3v) is 2.43. The van der Waals surface area contributed by atoms with Gasteiger partial charge in [0.25, 0.3) is 5.88 Å². The normalized spacial score (nSPS) is 12.5. The summed E-state index contributed by atoms with van der Waals surface area (Å²) in [4.78, 5) is 3.24. The Morgan fingerprint density at radius 1 is 1.40 bits per heavy atom. The third-order valence-electron chi connectivity index (χ3n) is 1.20. The number of alkyl halides is 3. The van der Waals surface area contributed by atoms with E-state index in [1.807, 2.05) is 0 Å². The maximum absolute atomic E-state index is 11.9. The van der Waals surface area contributed by atoms with Crippen LogP contribution in [0.2, 0.25) is 5.02 Å². The molecule has 0 spiro atoms. The van der Waals surface area contributed by atoms with Crippen molar-refractivity contribution in [3.05, 3.63) is 23.4 Å². The summed E-state index contributed by atoms with van der Waals surface area (Å²) in [5.74, 6) is -0.809. The van der Waals surface area contributed by atoms with E-state index in [-0.39, 0.29) is 5.02 Å². The molecule has 0 aliphatic carbocycles. The first kappa shape index (κ1) is 12.1. The predicted molar refractivity (Wildman–Crippen MR) is 44.8 cm³/mol. The summed E-state index contributed by atoms with van der Waals surface area (Å²) in [6.45, 7) is 0. The summed E-state index contributed by atoms with van der Waals surface area (Å²) < 4.78 is 60.4. The standard InChI is InChI=1S/C6H3ClF3NO3S/c7-4-2-1-3-11-5(4)14-15(12,13)6(8,9)10/h1-3H. The molecule has 0 radical (unpaired) electrons. The van der Waals surface area contributed by atoms with Gasteiger partial charge in [0.1, 0.15) is 5.02 Å². The highest BCUT2D eigenvalue weighted by Crippen LogP contribution is 2.29. The Bertz CT molecular complexity index is 459. The van der Waals surface area contributed by atoms with Gasteiger partial charge < -0.3 is 4.18 Å². The molecule has 1 heterocycles. The van der Waals surface area contributed by atoms with Crippen LogP contribution in [0.1, 0.15) is 0 Å². The summed E-state index contributed by atoms with van der Waals surface area (Å²) in [5, 5.41) is -0.328. The molecule has 0 aromatic carbocycles. The minimum Gasteiger partial charge on any atom is -0.354 e. The summed E-state index contributed by atoms with van der Waals surface area (Å²) >= 11 is 5.36. The quantitative estimate of drug-likeness (QED) is 0.603. The SMILES string of the molecule is O=S(=O)(Oc1ncccc1Cl)C(F)(F)F. The first-order valence-corrected chi connectivity index (χ1v) is 5.14. The summed E-state index contributed by atoms with van der Waals surface area (Å²) in [6, 6.07) is 2.46. The van der Waals surface area contributed by atoms with Crippen LogP contribution in [0.3, 0.4) is 0 Å². The van der Waals surface area contributed by atoms with Crippen molar-refractivity contribution in [3.8, 4) is 5.88 Å². The molecule has 4 nitrogen and oxygen atoms in total. The molecule has 1 aromatic rings. The summed E-state index contributed by atoms with van der Waals surface area (Å²) in [7, 11) is -5.72. The number of aromatic nitrogens is 1. The molecule has 1 aromatic heterocycles. The smallest absolute Gasteiger partial charge is 0.354 e. The van der Waals surface area contributed by atoms with E-state index in [2.05, 4.69) is 9.17 Å². The van der Waals surface area contributed by atoms with Crippen molar-refractivity contribution in [2.45, 2.75) is 5.51 Å². The van der Waals surface area contributed by atoms with Gasteiger partial charge in [-0.1, -0.05) is 11.6 Å². The van der Waals surface area contributed by atoms with Gasteiger partial charge in [0.15, 0.2) is 0 Å². The van der Waals surface area contributed by atoms with Gasteiger partial charge in [0, 0.05) is 6.20 Å². The van der Waals surface area contributed by atoms with Crippen LogP contribution in [0.25, 0.3) is 0 Å². The Hall–Kier alpha value is -1.02. The molecular weight excluding hydrogens is 259 g/mol. The topological polar surface area (TPSA) is 56.3 Å². The van der Waals surface area contributed by atoms with Crippen molar-refractivity contribution in [2.24, 2.45) is 0 Å². The van der Waals surface area contributed by atoms with Gasteiger partial charge in [0.2, 0.25) is 0 Å². The van der Waals surface area contributed by atoms with E-state index in [9.17, 15) is 21.6 Å². The number of nitrogens with zero attached hydrogens (tertiary/aromatic N) is 1. The molecule has 0 unspecified atom stereocenters. The van der Waals surface area contributed by atoms with E-state index in [4.69, 9.17) is 11.6 Å². The molecule has 0 amide bonds. The first-order chi connectivity index (χ1) is 6.74. The Labute approximate surface area is 87.8 Å². The first-order valence-electron chi connectivity index (χ1n) is 3.35. The zero-order valence-electron chi connectivity index (χ0n) is 6.82. The average Bonchev–Trinajstić information content (AvgIpc) is 2.06. The largest absolute Gasteiger partial charge is 0.534 e. The Morgan fingerprint density at radius 2 is 2.00 bits per heavy atom. The molecule has 0 bridgehead atoms. The van der Waals surface area contributed by atoms with Crippen molar-refractivity contribution in [2.75, 3.05) is 0 Å². The van der Waals surface area contributed by atoms with Gasteiger partial charge in [-0.05, 0) is 12.1 Å². The number of hydrogen-bond acceptors (Lipinski definition) is 4. The fourth-order valence-corrected chi connectivity index (χ4v) is 1.22. The summed E-state index contributed by atoms with van der Waals surface area (Å²) in [6.07, 6.45) is 1.05. The van der Waals surface area contributed by atoms with Crippen molar-refractivity contribution < 1.29 is 25.8 Å². The van der Waals surface area contributed by atoms with Crippen LogP contribution in [0.5, 0.6) is 5.88 Å². The zero-order valence-corrected chi connectivity index (χ0v) is 8.40. The number of pyridine rings is 1. The number of halogens is 4. The fourth-order valence-electron chi connectivity index (χ4n) is 0.584. The minimum atomic E-state index is -5.72. The van der Waals surface area contributed by atoms with Crippen LogP contribution < -0.4 is 4.18 Å². The van der Waals surface area contributed by atoms with Crippen LogP contribution in [-0.2, 0) is 10.1 Å². The third kappa shape index (κ3) is 2.72. The fraction of sp³-hybridized carbons (Fsp3) is 0.167. The molecule has 0 saturated heterocycles. The molecule has 15 heavy (non-hydrogen) atoms. The van der Waals surface area contributed by atoms with Crippen molar-refractivity contribution in [1.82, 2.24) is 4.98 Å². The van der Waals surface area contributed by atoms with Crippen molar-refractivity contribution >= 4 is 21.7 Å². The van der Waals surface area contributed by atoms with Crippen molar-refractivity contribution in [1.29, 1.82) is 0 Å². The second-order valence-corrected chi connectivity index (χ2v) is 4.22. The predicted octanol–water partition coefficient (Wildman–Crippen LogP) is 1.96. The molecule has 0 N–H and O–H groups in total. The van der Waals surface area contributed by atoms with E-state index in [1.165, 1.54) is 6.07 Å². The molecule has 84 valence electrons. The maximum Gasteiger partial charge on any atom is 0.534 e. The molecule has 0 saturated carbocycles. The second kappa shape index (κ2) is 3.86. The van der Waals surface area contributed by atoms with E-state index in [0.717, 1.165) is 12.3 Å². The van der Waals surface area contributed by atoms with Gasteiger partial charge in [-0.15, -0.1) is 0 Å². The minimum absolute atomic E-state index is 0.328. The van der Waals surface area contributed by atoms with E-state index >= 15 is 0 Å². The number of rotatable bonds is 2. The molecule has 1 rings (SSSR count). The van der Waals surface area contributed by atoms with Crippen LogP contribution in [0, 0.1) is 0 Å². The highest BCUT2D eigenvalue weighted by molar-refractivity contribution is 7.88. The lowest BCUT2D eigenvalue weighted by Crippen LogP contribution is -2.28. The lowest BCUT2D eigenvalue weighted by Gasteiger charge is -2.08. The lowest BCUT2D eigenvalue weighted by molar-refractivity contribution is -0.0501. The average molecular weight is 262 g/mol. The van der Waals surface area contributed by atoms with Crippen molar-refractivity contribution in [3.63, 3.8) is 0 Å². The lowest BCUT2D eigenvalue weighted by atomic mass is 10.5. The van der Waals surface area contributed by atoms with E-state index < -0.39 is 21.5 Å². The van der Waals surface area contributed by atoms with Crippen LogP contribution in [0.4, 0.5) is 13.2 Å². The maximum atomic E-state index is 11.9.